The molecule has 0 radical (unpaired) electrons. The van der Waals surface area contributed by atoms with E-state index in [1.807, 2.05) is 12.3 Å². The summed E-state index contributed by atoms with van der Waals surface area (Å²) in [4.78, 5) is 4.30. The number of aromatic nitrogens is 2. The number of anilines is 2. The van der Waals surface area contributed by atoms with E-state index in [4.69, 9.17) is 5.73 Å². The molecular formula is C11H13F3N4S2. The maximum atomic E-state index is 12.4. The third kappa shape index (κ3) is 3.60. The van der Waals surface area contributed by atoms with Gasteiger partial charge in [-0.2, -0.15) is 17.5 Å². The average molecular weight is 322 g/mol. The summed E-state index contributed by atoms with van der Waals surface area (Å²) < 4.78 is 41.1. The molecule has 2 rings (SSSR count). The molecule has 4 nitrogen and oxygen atoms in total. The van der Waals surface area contributed by atoms with Crippen LogP contribution in [0.25, 0.3) is 11.3 Å². The van der Waals surface area contributed by atoms with Crippen LogP contribution in [0.4, 0.5) is 24.0 Å². The Hall–Kier alpha value is -1.35. The molecule has 0 saturated carbocycles. The third-order valence-corrected chi connectivity index (χ3v) is 4.07. The van der Waals surface area contributed by atoms with Gasteiger partial charge in [-0.05, 0) is 25.4 Å². The summed E-state index contributed by atoms with van der Waals surface area (Å²) in [5.74, 6) is 0.280. The molecule has 0 spiro atoms. The first-order valence-corrected chi connectivity index (χ1v) is 7.42. The second kappa shape index (κ2) is 5.57. The first kappa shape index (κ1) is 15.0. The van der Waals surface area contributed by atoms with Gasteiger partial charge in [0.05, 0.1) is 22.7 Å². The highest BCUT2D eigenvalue weighted by atomic mass is 32.1. The summed E-state index contributed by atoms with van der Waals surface area (Å²) in [7, 11) is 0. The molecule has 0 aliphatic carbocycles. The predicted molar refractivity (Wildman–Crippen MR) is 76.1 cm³/mol. The van der Waals surface area contributed by atoms with Gasteiger partial charge in [0.1, 0.15) is 10.8 Å². The SMILES string of the molecule is Cc1nc(-c2c(N)nsc2NC(C)CC(F)(F)F)cs1. The summed E-state index contributed by atoms with van der Waals surface area (Å²) in [5.41, 5.74) is 7.00. The van der Waals surface area contributed by atoms with Gasteiger partial charge in [-0.25, -0.2) is 4.98 Å². The zero-order chi connectivity index (χ0) is 14.9. The molecular weight excluding hydrogens is 309 g/mol. The molecule has 0 bridgehead atoms. The van der Waals surface area contributed by atoms with Crippen LogP contribution in [0.1, 0.15) is 18.4 Å². The lowest BCUT2D eigenvalue weighted by molar-refractivity contribution is -0.136. The predicted octanol–water partition coefficient (Wildman–Crippen LogP) is 3.91. The van der Waals surface area contributed by atoms with Gasteiger partial charge >= 0.3 is 6.18 Å². The zero-order valence-electron chi connectivity index (χ0n) is 10.8. The van der Waals surface area contributed by atoms with Crippen molar-refractivity contribution in [3.63, 3.8) is 0 Å². The molecule has 0 saturated heterocycles. The lowest BCUT2D eigenvalue weighted by Gasteiger charge is -2.16. The average Bonchev–Trinajstić information content (AvgIpc) is 2.83. The second-order valence-electron chi connectivity index (χ2n) is 4.39. The smallest absolute Gasteiger partial charge is 0.382 e. The molecule has 0 amide bonds. The highest BCUT2D eigenvalue weighted by Crippen LogP contribution is 2.38. The standard InChI is InChI=1S/C11H13F3N4S2/c1-5(3-11(12,13)14)16-10-8(9(15)18-20-10)7-4-19-6(2)17-7/h4-5,16H,3H2,1-2H3,(H2,15,18). The molecule has 20 heavy (non-hydrogen) atoms. The van der Waals surface area contributed by atoms with Crippen LogP contribution in [-0.4, -0.2) is 21.6 Å². The van der Waals surface area contributed by atoms with Crippen molar-refractivity contribution in [2.45, 2.75) is 32.5 Å². The first-order chi connectivity index (χ1) is 9.26. The molecule has 3 N–H and O–H groups in total. The van der Waals surface area contributed by atoms with E-state index in [2.05, 4.69) is 14.7 Å². The van der Waals surface area contributed by atoms with Crippen molar-refractivity contribution in [1.82, 2.24) is 9.36 Å². The number of rotatable bonds is 4. The maximum Gasteiger partial charge on any atom is 0.391 e. The third-order valence-electron chi connectivity index (χ3n) is 2.51. The van der Waals surface area contributed by atoms with Crippen molar-refractivity contribution in [2.24, 2.45) is 0 Å². The van der Waals surface area contributed by atoms with Crippen LogP contribution in [0.5, 0.6) is 0 Å². The van der Waals surface area contributed by atoms with Crippen molar-refractivity contribution in [2.75, 3.05) is 11.1 Å². The van der Waals surface area contributed by atoms with Gasteiger partial charge in [-0.3, -0.25) is 0 Å². The van der Waals surface area contributed by atoms with Crippen LogP contribution in [0.3, 0.4) is 0 Å². The second-order valence-corrected chi connectivity index (χ2v) is 6.22. The molecule has 0 aliphatic heterocycles. The largest absolute Gasteiger partial charge is 0.391 e. The number of nitrogen functional groups attached to an aromatic ring is 1. The number of aryl methyl sites for hydroxylation is 1. The van der Waals surface area contributed by atoms with Gasteiger partial charge < -0.3 is 11.1 Å². The lowest BCUT2D eigenvalue weighted by Crippen LogP contribution is -2.23. The number of hydrogen-bond donors (Lipinski definition) is 2. The number of alkyl halides is 3. The molecule has 2 heterocycles. The number of halogens is 3. The minimum atomic E-state index is -4.21. The molecule has 110 valence electrons. The van der Waals surface area contributed by atoms with E-state index in [-0.39, 0.29) is 5.82 Å². The molecule has 0 aromatic carbocycles. The quantitative estimate of drug-likeness (QED) is 0.896. The molecule has 1 atom stereocenters. The number of nitrogens with zero attached hydrogens (tertiary/aromatic N) is 2. The Labute approximate surface area is 122 Å². The van der Waals surface area contributed by atoms with Gasteiger partial charge in [-0.1, -0.05) is 0 Å². The first-order valence-electron chi connectivity index (χ1n) is 5.77. The lowest BCUT2D eigenvalue weighted by atomic mass is 10.2. The Morgan fingerprint density at radius 2 is 2.15 bits per heavy atom. The van der Waals surface area contributed by atoms with Crippen molar-refractivity contribution >= 4 is 33.7 Å². The van der Waals surface area contributed by atoms with Crippen LogP contribution in [0, 0.1) is 6.92 Å². The zero-order valence-corrected chi connectivity index (χ0v) is 12.4. The van der Waals surface area contributed by atoms with Gasteiger partial charge in [0.15, 0.2) is 0 Å². The molecule has 2 aromatic rings. The summed E-state index contributed by atoms with van der Waals surface area (Å²) in [6.45, 7) is 3.32. The number of nitrogens with two attached hydrogens (primary N) is 1. The highest BCUT2D eigenvalue weighted by Gasteiger charge is 2.30. The van der Waals surface area contributed by atoms with E-state index in [0.29, 0.717) is 16.3 Å². The summed E-state index contributed by atoms with van der Waals surface area (Å²) in [6, 6.07) is -0.756. The van der Waals surface area contributed by atoms with Crippen molar-refractivity contribution < 1.29 is 13.2 Å². The van der Waals surface area contributed by atoms with Crippen LogP contribution < -0.4 is 11.1 Å². The fourth-order valence-electron chi connectivity index (χ4n) is 1.75. The van der Waals surface area contributed by atoms with Crippen LogP contribution >= 0.6 is 22.9 Å². The number of thiazole rings is 1. The molecule has 0 aliphatic rings. The maximum absolute atomic E-state index is 12.4. The van der Waals surface area contributed by atoms with Gasteiger partial charge in [0.2, 0.25) is 0 Å². The summed E-state index contributed by atoms with van der Waals surface area (Å²) in [5, 5.41) is 6.01. The van der Waals surface area contributed by atoms with Crippen LogP contribution in [-0.2, 0) is 0 Å². The topological polar surface area (TPSA) is 63.8 Å². The Morgan fingerprint density at radius 3 is 2.70 bits per heavy atom. The summed E-state index contributed by atoms with van der Waals surface area (Å²) >= 11 is 2.50. The van der Waals surface area contributed by atoms with Crippen LogP contribution in [0.2, 0.25) is 0 Å². The Morgan fingerprint density at radius 1 is 1.45 bits per heavy atom. The molecule has 2 aromatic heterocycles. The van der Waals surface area contributed by atoms with Gasteiger partial charge in [0, 0.05) is 11.4 Å². The van der Waals surface area contributed by atoms with Crippen molar-refractivity contribution in [1.29, 1.82) is 0 Å². The fraction of sp³-hybridized carbons (Fsp3) is 0.455. The number of hydrogen-bond acceptors (Lipinski definition) is 6. The monoisotopic (exact) mass is 322 g/mol. The van der Waals surface area contributed by atoms with Crippen molar-refractivity contribution in [3.05, 3.63) is 10.4 Å². The molecule has 9 heteroatoms. The highest BCUT2D eigenvalue weighted by molar-refractivity contribution is 7.11. The van der Waals surface area contributed by atoms with Crippen molar-refractivity contribution in [3.8, 4) is 11.3 Å². The minimum Gasteiger partial charge on any atom is -0.382 e. The van der Waals surface area contributed by atoms with Gasteiger partial charge in [-0.15, -0.1) is 11.3 Å². The Balaban J connectivity index is 2.21. The normalized spacial score (nSPS) is 13.4. The van der Waals surface area contributed by atoms with E-state index >= 15 is 0 Å². The van der Waals surface area contributed by atoms with Crippen LogP contribution in [0.15, 0.2) is 5.38 Å². The fourth-order valence-corrected chi connectivity index (χ4v) is 3.19. The van der Waals surface area contributed by atoms with E-state index in [0.717, 1.165) is 16.5 Å². The van der Waals surface area contributed by atoms with E-state index < -0.39 is 18.6 Å². The van der Waals surface area contributed by atoms with E-state index in [9.17, 15) is 13.2 Å². The minimum absolute atomic E-state index is 0.280. The molecule has 1 unspecified atom stereocenters. The van der Waals surface area contributed by atoms with Gasteiger partial charge in [0.25, 0.3) is 0 Å². The van der Waals surface area contributed by atoms with E-state index in [1.165, 1.54) is 18.3 Å². The van der Waals surface area contributed by atoms with E-state index in [1.54, 1.807) is 0 Å². The Bertz CT molecular complexity index is 591. The number of nitrogens with one attached hydrogen (secondary N) is 1. The summed E-state index contributed by atoms with van der Waals surface area (Å²) in [6.07, 6.45) is -5.12. The molecule has 0 fully saturated rings. The Kier molecular flexibility index (Phi) is 4.19.